The zero-order valence-corrected chi connectivity index (χ0v) is 15.1. The highest BCUT2D eigenvalue weighted by Crippen LogP contribution is 2.15. The van der Waals surface area contributed by atoms with E-state index in [1.807, 2.05) is 6.92 Å². The minimum Gasteiger partial charge on any atom is -0.444 e. The first-order valence-corrected chi connectivity index (χ1v) is 8.24. The van der Waals surface area contributed by atoms with Crippen molar-refractivity contribution >= 4 is 6.09 Å². The van der Waals surface area contributed by atoms with Crippen molar-refractivity contribution in [3.05, 3.63) is 34.9 Å². The lowest BCUT2D eigenvalue weighted by Gasteiger charge is -2.22. The molecule has 0 saturated heterocycles. The molecule has 5 nitrogen and oxygen atoms in total. The summed E-state index contributed by atoms with van der Waals surface area (Å²) in [4.78, 5) is 11.7. The van der Waals surface area contributed by atoms with Crippen molar-refractivity contribution in [2.75, 3.05) is 6.54 Å². The first-order valence-electron chi connectivity index (χ1n) is 8.24. The maximum atomic E-state index is 13.9. The molecule has 0 heterocycles. The van der Waals surface area contributed by atoms with Gasteiger partial charge in [-0.1, -0.05) is 13.3 Å². The Morgan fingerprint density at radius 2 is 1.92 bits per heavy atom. The Morgan fingerprint density at radius 1 is 1.32 bits per heavy atom. The smallest absolute Gasteiger partial charge is 0.407 e. The molecule has 1 atom stereocenters. The van der Waals surface area contributed by atoms with Crippen LogP contribution >= 0.6 is 0 Å². The van der Waals surface area contributed by atoms with Gasteiger partial charge in [0.15, 0.2) is 0 Å². The lowest BCUT2D eigenvalue weighted by atomic mass is 10.1. The van der Waals surface area contributed by atoms with Gasteiger partial charge in [0.1, 0.15) is 17.2 Å². The van der Waals surface area contributed by atoms with Crippen LogP contribution < -0.4 is 10.6 Å². The van der Waals surface area contributed by atoms with Crippen LogP contribution in [-0.4, -0.2) is 24.3 Å². The van der Waals surface area contributed by atoms with Crippen LogP contribution in [-0.2, 0) is 11.3 Å². The van der Waals surface area contributed by atoms with Crippen LogP contribution in [0.4, 0.5) is 13.6 Å². The highest BCUT2D eigenvalue weighted by Gasteiger charge is 2.18. The van der Waals surface area contributed by atoms with E-state index in [2.05, 4.69) is 10.6 Å². The molecule has 1 unspecified atom stereocenters. The largest absolute Gasteiger partial charge is 0.444 e. The number of carbonyl (C=O) groups is 1. The van der Waals surface area contributed by atoms with E-state index >= 15 is 0 Å². The van der Waals surface area contributed by atoms with Gasteiger partial charge in [0, 0.05) is 24.7 Å². The highest BCUT2D eigenvalue weighted by atomic mass is 19.1. The molecule has 0 saturated carbocycles. The van der Waals surface area contributed by atoms with Crippen LogP contribution in [0.25, 0.3) is 0 Å². The number of ether oxygens (including phenoxy) is 1. The molecule has 0 spiro atoms. The summed E-state index contributed by atoms with van der Waals surface area (Å²) in [6.45, 7) is 7.53. The SMILES string of the molecule is CCCC(CNC(=O)OC(C)(C)C)NCc1c(F)cc(C#N)cc1F. The molecule has 25 heavy (non-hydrogen) atoms. The van der Waals surface area contributed by atoms with E-state index < -0.39 is 23.3 Å². The van der Waals surface area contributed by atoms with Crippen molar-refractivity contribution in [1.29, 1.82) is 5.26 Å². The second kappa shape index (κ2) is 9.33. The van der Waals surface area contributed by atoms with E-state index in [1.54, 1.807) is 26.8 Å². The van der Waals surface area contributed by atoms with Gasteiger partial charge < -0.3 is 15.4 Å². The monoisotopic (exact) mass is 353 g/mol. The summed E-state index contributed by atoms with van der Waals surface area (Å²) >= 11 is 0. The van der Waals surface area contributed by atoms with Crippen LogP contribution in [0.3, 0.4) is 0 Å². The van der Waals surface area contributed by atoms with Gasteiger partial charge in [0.2, 0.25) is 0 Å². The second-order valence-electron chi connectivity index (χ2n) is 6.78. The first kappa shape index (κ1) is 20.8. The van der Waals surface area contributed by atoms with Crippen LogP contribution in [0, 0.1) is 23.0 Å². The Kier molecular flexibility index (Phi) is 7.78. The molecule has 138 valence electrons. The highest BCUT2D eigenvalue weighted by molar-refractivity contribution is 5.67. The van der Waals surface area contributed by atoms with Crippen molar-refractivity contribution < 1.29 is 18.3 Å². The van der Waals surface area contributed by atoms with Gasteiger partial charge in [0.05, 0.1) is 11.6 Å². The summed E-state index contributed by atoms with van der Waals surface area (Å²) < 4.78 is 33.0. The van der Waals surface area contributed by atoms with Crippen LogP contribution in [0.5, 0.6) is 0 Å². The van der Waals surface area contributed by atoms with Crippen molar-refractivity contribution in [3.63, 3.8) is 0 Å². The van der Waals surface area contributed by atoms with Gasteiger partial charge in [-0.15, -0.1) is 0 Å². The Hall–Kier alpha value is -2.20. The average molecular weight is 353 g/mol. The number of benzene rings is 1. The average Bonchev–Trinajstić information content (AvgIpc) is 2.49. The number of amides is 1. The van der Waals surface area contributed by atoms with E-state index in [0.29, 0.717) is 0 Å². The van der Waals surface area contributed by atoms with Crippen LogP contribution in [0.1, 0.15) is 51.7 Å². The molecular weight excluding hydrogens is 328 g/mol. The molecule has 0 radical (unpaired) electrons. The van der Waals surface area contributed by atoms with E-state index in [0.717, 1.165) is 25.0 Å². The van der Waals surface area contributed by atoms with Crippen molar-refractivity contribution in [1.82, 2.24) is 10.6 Å². The first-order chi connectivity index (χ1) is 11.7. The number of halogens is 2. The summed E-state index contributed by atoms with van der Waals surface area (Å²) in [7, 11) is 0. The van der Waals surface area contributed by atoms with Gasteiger partial charge >= 0.3 is 6.09 Å². The van der Waals surface area contributed by atoms with E-state index in [4.69, 9.17) is 10.00 Å². The number of hydrogen-bond donors (Lipinski definition) is 2. The lowest BCUT2D eigenvalue weighted by Crippen LogP contribution is -2.42. The number of nitriles is 1. The molecule has 0 aliphatic rings. The molecule has 0 aliphatic carbocycles. The predicted octanol–water partition coefficient (Wildman–Crippen LogP) is 3.62. The number of nitrogens with one attached hydrogen (secondary N) is 2. The van der Waals surface area contributed by atoms with Gasteiger partial charge in [-0.25, -0.2) is 13.6 Å². The summed E-state index contributed by atoms with van der Waals surface area (Å²) in [5.41, 5.74) is -0.778. The number of hydrogen-bond acceptors (Lipinski definition) is 4. The third-order valence-electron chi connectivity index (χ3n) is 3.37. The Labute approximate surface area is 147 Å². The fourth-order valence-corrected chi connectivity index (χ4v) is 2.23. The Balaban J connectivity index is 2.65. The summed E-state index contributed by atoms with van der Waals surface area (Å²) in [5, 5.41) is 14.4. The van der Waals surface area contributed by atoms with E-state index in [-0.39, 0.29) is 30.3 Å². The number of carbonyl (C=O) groups excluding carboxylic acids is 1. The number of alkyl carbamates (subject to hydrolysis) is 1. The third-order valence-corrected chi connectivity index (χ3v) is 3.37. The molecule has 0 bridgehead atoms. The fraction of sp³-hybridized carbons (Fsp3) is 0.556. The molecule has 0 fully saturated rings. The normalized spacial score (nSPS) is 12.4. The molecule has 1 rings (SSSR count). The van der Waals surface area contributed by atoms with Crippen LogP contribution in [0.2, 0.25) is 0 Å². The van der Waals surface area contributed by atoms with Crippen molar-refractivity contribution in [2.45, 2.75) is 58.7 Å². The van der Waals surface area contributed by atoms with Gasteiger partial charge in [0.25, 0.3) is 0 Å². The topological polar surface area (TPSA) is 74.2 Å². The molecule has 1 amide bonds. The number of rotatable bonds is 7. The summed E-state index contributed by atoms with van der Waals surface area (Å²) in [6.07, 6.45) is 1.02. The molecular formula is C18H25F2N3O2. The van der Waals surface area contributed by atoms with Crippen molar-refractivity contribution in [2.24, 2.45) is 0 Å². The zero-order valence-electron chi connectivity index (χ0n) is 15.1. The zero-order chi connectivity index (χ0) is 19.0. The molecule has 0 aromatic heterocycles. The second-order valence-corrected chi connectivity index (χ2v) is 6.78. The van der Waals surface area contributed by atoms with Gasteiger partial charge in [-0.2, -0.15) is 5.26 Å². The minimum absolute atomic E-state index is 0.0377. The summed E-state index contributed by atoms with van der Waals surface area (Å²) in [6, 6.07) is 3.57. The molecule has 1 aromatic carbocycles. The maximum absolute atomic E-state index is 13.9. The third kappa shape index (κ3) is 7.48. The van der Waals surface area contributed by atoms with Gasteiger partial charge in [-0.05, 0) is 39.3 Å². The predicted molar refractivity (Wildman–Crippen MR) is 90.8 cm³/mol. The van der Waals surface area contributed by atoms with Crippen LogP contribution in [0.15, 0.2) is 12.1 Å². The number of nitrogens with zero attached hydrogens (tertiary/aromatic N) is 1. The quantitative estimate of drug-likeness (QED) is 0.785. The standard InChI is InChI=1S/C18H25F2N3O2/c1-5-6-13(10-23-17(24)25-18(2,3)4)22-11-14-15(19)7-12(9-21)8-16(14)20/h7-8,13,22H,5-6,10-11H2,1-4H3,(H,23,24). The Bertz CT molecular complexity index is 613. The van der Waals surface area contributed by atoms with E-state index in [1.165, 1.54) is 0 Å². The fourth-order valence-electron chi connectivity index (χ4n) is 2.23. The molecule has 2 N–H and O–H groups in total. The lowest BCUT2D eigenvalue weighted by molar-refractivity contribution is 0.0521. The van der Waals surface area contributed by atoms with Gasteiger partial charge in [-0.3, -0.25) is 0 Å². The Morgan fingerprint density at radius 3 is 2.40 bits per heavy atom. The maximum Gasteiger partial charge on any atom is 0.407 e. The summed E-state index contributed by atoms with van der Waals surface area (Å²) in [5.74, 6) is -1.53. The molecule has 1 aromatic rings. The van der Waals surface area contributed by atoms with Crippen molar-refractivity contribution in [3.8, 4) is 6.07 Å². The van der Waals surface area contributed by atoms with E-state index in [9.17, 15) is 13.6 Å². The minimum atomic E-state index is -0.764. The molecule has 7 heteroatoms. The molecule has 0 aliphatic heterocycles.